The second-order valence-corrected chi connectivity index (χ2v) is 7.88. The van der Waals surface area contributed by atoms with E-state index in [-0.39, 0.29) is 29.7 Å². The average molecular weight is 510 g/mol. The molecule has 186 valence electrons. The Hall–Kier alpha value is -3.41. The van der Waals surface area contributed by atoms with Crippen molar-refractivity contribution in [2.45, 2.75) is 6.61 Å². The number of nitrogens with one attached hydrogen (secondary N) is 2. The summed E-state index contributed by atoms with van der Waals surface area (Å²) in [6.45, 7) is -2.90. The lowest BCUT2D eigenvalue weighted by molar-refractivity contribution is -0.133. The molecule has 2 N–H and O–H groups in total. The zero-order valence-electron chi connectivity index (χ0n) is 18.9. The zero-order valence-corrected chi connectivity index (χ0v) is 19.7. The molecule has 0 atom stereocenters. The van der Waals surface area contributed by atoms with Crippen LogP contribution in [0.4, 0.5) is 30.4 Å². The highest BCUT2D eigenvalue weighted by Gasteiger charge is 2.14. The van der Waals surface area contributed by atoms with E-state index in [1.54, 1.807) is 18.2 Å². The molecular formula is C23H23ClF3N5O3. The maximum atomic E-state index is 13.5. The van der Waals surface area contributed by atoms with E-state index in [1.165, 1.54) is 30.6 Å². The zero-order chi connectivity index (χ0) is 25.4. The van der Waals surface area contributed by atoms with Crippen molar-refractivity contribution in [3.8, 4) is 5.75 Å². The van der Waals surface area contributed by atoms with Gasteiger partial charge in [0.1, 0.15) is 30.3 Å². The molecule has 35 heavy (non-hydrogen) atoms. The van der Waals surface area contributed by atoms with Crippen LogP contribution in [0.1, 0.15) is 0 Å². The number of hydrogen-bond acceptors (Lipinski definition) is 7. The van der Waals surface area contributed by atoms with Gasteiger partial charge in [0.2, 0.25) is 5.91 Å². The smallest absolute Gasteiger partial charge is 0.345 e. The van der Waals surface area contributed by atoms with Gasteiger partial charge in [-0.2, -0.15) is 8.78 Å². The first kappa shape index (κ1) is 26.2. The standard InChI is InChI=1S/C23H23ClF3N5O3/c1-32(2)7-3-4-21(33)31-19-11-15-18(12-20(19)34-8-9-35-23(26)27)28-13-29-22(15)30-14-5-6-17(25)16(24)10-14/h3-6,10-13,23H,7-9H2,1-2H3,(H,31,33)(H,28,29,30)/b4-3+. The molecular weight excluding hydrogens is 487 g/mol. The summed E-state index contributed by atoms with van der Waals surface area (Å²) in [6, 6.07) is 7.25. The van der Waals surface area contributed by atoms with Crippen LogP contribution in [0.2, 0.25) is 5.02 Å². The molecule has 2 aromatic carbocycles. The number of likely N-dealkylation sites (N-methyl/N-ethyl adjacent to an activating group) is 1. The Labute approximate surface area is 204 Å². The summed E-state index contributed by atoms with van der Waals surface area (Å²) >= 11 is 5.86. The van der Waals surface area contributed by atoms with Gasteiger partial charge < -0.3 is 25.0 Å². The van der Waals surface area contributed by atoms with Crippen LogP contribution in [0.25, 0.3) is 10.9 Å². The van der Waals surface area contributed by atoms with Crippen molar-refractivity contribution in [2.75, 3.05) is 44.5 Å². The van der Waals surface area contributed by atoms with E-state index in [1.807, 2.05) is 19.0 Å². The van der Waals surface area contributed by atoms with E-state index in [9.17, 15) is 18.0 Å². The molecule has 3 rings (SSSR count). The van der Waals surface area contributed by atoms with Crippen molar-refractivity contribution in [3.05, 3.63) is 59.7 Å². The Balaban J connectivity index is 1.93. The fourth-order valence-corrected chi connectivity index (χ4v) is 3.13. The molecule has 8 nitrogen and oxygen atoms in total. The molecule has 0 saturated heterocycles. The quantitative estimate of drug-likeness (QED) is 0.282. The molecule has 0 unspecified atom stereocenters. The Kier molecular flexibility index (Phi) is 9.24. The number of carbonyl (C=O) groups is 1. The number of hydrogen-bond donors (Lipinski definition) is 2. The molecule has 0 saturated carbocycles. The molecule has 0 fully saturated rings. The maximum Gasteiger partial charge on any atom is 0.345 e. The van der Waals surface area contributed by atoms with E-state index in [0.717, 1.165) is 0 Å². The van der Waals surface area contributed by atoms with Gasteiger partial charge in [-0.1, -0.05) is 17.7 Å². The van der Waals surface area contributed by atoms with Gasteiger partial charge in [-0.15, -0.1) is 0 Å². The highest BCUT2D eigenvalue weighted by Crippen LogP contribution is 2.34. The van der Waals surface area contributed by atoms with Gasteiger partial charge in [0.25, 0.3) is 0 Å². The van der Waals surface area contributed by atoms with E-state index in [2.05, 4.69) is 25.3 Å². The molecule has 1 amide bonds. The Morgan fingerprint density at radius 2 is 2.00 bits per heavy atom. The highest BCUT2D eigenvalue weighted by atomic mass is 35.5. The van der Waals surface area contributed by atoms with Crippen LogP contribution in [-0.2, 0) is 9.53 Å². The third-order valence-electron chi connectivity index (χ3n) is 4.50. The Morgan fingerprint density at radius 3 is 2.71 bits per heavy atom. The normalized spacial score (nSPS) is 11.5. The number of benzene rings is 2. The van der Waals surface area contributed by atoms with Crippen molar-refractivity contribution in [1.82, 2.24) is 14.9 Å². The van der Waals surface area contributed by atoms with Crippen LogP contribution in [0, 0.1) is 5.82 Å². The molecule has 0 aliphatic rings. The first-order valence-corrected chi connectivity index (χ1v) is 10.8. The van der Waals surface area contributed by atoms with Crippen LogP contribution >= 0.6 is 11.6 Å². The number of nitrogens with zero attached hydrogens (tertiary/aromatic N) is 3. The van der Waals surface area contributed by atoms with Gasteiger partial charge in [0.05, 0.1) is 22.8 Å². The SMILES string of the molecule is CN(C)C/C=C/C(=O)Nc1cc2c(Nc3ccc(F)c(Cl)c3)ncnc2cc1OCCOC(F)F. The summed E-state index contributed by atoms with van der Waals surface area (Å²) in [5, 5.41) is 6.22. The summed E-state index contributed by atoms with van der Waals surface area (Å²) in [4.78, 5) is 22.8. The second-order valence-electron chi connectivity index (χ2n) is 7.48. The van der Waals surface area contributed by atoms with Gasteiger partial charge in [-0.3, -0.25) is 4.79 Å². The Morgan fingerprint density at radius 1 is 1.20 bits per heavy atom. The molecule has 1 heterocycles. The van der Waals surface area contributed by atoms with Crippen LogP contribution in [0.3, 0.4) is 0 Å². The minimum absolute atomic E-state index is 0.0625. The van der Waals surface area contributed by atoms with Gasteiger partial charge in [-0.05, 0) is 38.4 Å². The van der Waals surface area contributed by atoms with E-state index >= 15 is 0 Å². The molecule has 12 heteroatoms. The minimum atomic E-state index is -2.92. The summed E-state index contributed by atoms with van der Waals surface area (Å²) < 4.78 is 47.8. The van der Waals surface area contributed by atoms with Gasteiger partial charge in [0.15, 0.2) is 0 Å². The number of alkyl halides is 2. The lowest BCUT2D eigenvalue weighted by Crippen LogP contribution is -2.14. The van der Waals surface area contributed by atoms with E-state index in [0.29, 0.717) is 29.0 Å². The second kappa shape index (κ2) is 12.3. The Bertz CT molecular complexity index is 1210. The monoisotopic (exact) mass is 509 g/mol. The summed E-state index contributed by atoms with van der Waals surface area (Å²) in [5.41, 5.74) is 1.20. The number of carbonyl (C=O) groups excluding carboxylic acids is 1. The van der Waals surface area contributed by atoms with Crippen LogP contribution in [0.15, 0.2) is 48.8 Å². The summed E-state index contributed by atoms with van der Waals surface area (Å²) in [5.74, 6) is -0.408. The maximum absolute atomic E-state index is 13.5. The highest BCUT2D eigenvalue weighted by molar-refractivity contribution is 6.31. The fourth-order valence-electron chi connectivity index (χ4n) is 2.95. The van der Waals surface area contributed by atoms with Gasteiger partial charge >= 0.3 is 6.61 Å². The molecule has 0 bridgehead atoms. The third kappa shape index (κ3) is 7.81. The fraction of sp³-hybridized carbons (Fsp3) is 0.261. The summed E-state index contributed by atoms with van der Waals surface area (Å²) in [7, 11) is 3.73. The van der Waals surface area contributed by atoms with Gasteiger partial charge in [-0.25, -0.2) is 14.4 Å². The van der Waals surface area contributed by atoms with E-state index in [4.69, 9.17) is 16.3 Å². The molecule has 0 aliphatic carbocycles. The first-order chi connectivity index (χ1) is 16.7. The van der Waals surface area contributed by atoms with Crippen LogP contribution in [-0.4, -0.2) is 61.2 Å². The number of rotatable bonds is 11. The topological polar surface area (TPSA) is 88.6 Å². The lowest BCUT2D eigenvalue weighted by atomic mass is 10.1. The summed E-state index contributed by atoms with van der Waals surface area (Å²) in [6.07, 6.45) is 4.36. The average Bonchev–Trinajstić information content (AvgIpc) is 2.79. The van der Waals surface area contributed by atoms with Crippen molar-refractivity contribution in [3.63, 3.8) is 0 Å². The molecule has 0 radical (unpaired) electrons. The number of fused-ring (bicyclic) bond motifs is 1. The molecule has 3 aromatic rings. The predicted molar refractivity (Wildman–Crippen MR) is 128 cm³/mol. The van der Waals surface area contributed by atoms with Gasteiger partial charge in [0, 0.05) is 29.8 Å². The number of aromatic nitrogens is 2. The predicted octanol–water partition coefficient (Wildman–Crippen LogP) is 4.84. The largest absolute Gasteiger partial charge is 0.489 e. The molecule has 1 aromatic heterocycles. The van der Waals surface area contributed by atoms with Crippen molar-refractivity contribution < 1.29 is 27.4 Å². The van der Waals surface area contributed by atoms with Crippen LogP contribution in [0.5, 0.6) is 5.75 Å². The minimum Gasteiger partial charge on any atom is -0.489 e. The van der Waals surface area contributed by atoms with Crippen molar-refractivity contribution in [1.29, 1.82) is 0 Å². The molecule has 0 spiro atoms. The van der Waals surface area contributed by atoms with Crippen LogP contribution < -0.4 is 15.4 Å². The van der Waals surface area contributed by atoms with Crippen molar-refractivity contribution >= 4 is 45.6 Å². The first-order valence-electron chi connectivity index (χ1n) is 10.4. The number of ether oxygens (including phenoxy) is 2. The van der Waals surface area contributed by atoms with Crippen molar-refractivity contribution in [2.24, 2.45) is 0 Å². The number of anilines is 3. The number of amides is 1. The molecule has 0 aliphatic heterocycles. The van der Waals surface area contributed by atoms with E-state index < -0.39 is 18.3 Å². The number of halogens is 4. The lowest BCUT2D eigenvalue weighted by Gasteiger charge is -2.15. The third-order valence-corrected chi connectivity index (χ3v) is 4.79.